The number of hydrogen-bond donors (Lipinski definition) is 2. The lowest BCUT2D eigenvalue weighted by atomic mass is 10.3. The lowest BCUT2D eigenvalue weighted by Crippen LogP contribution is -2.29. The van der Waals surface area contributed by atoms with Gasteiger partial charge in [0.25, 0.3) is 0 Å². The van der Waals surface area contributed by atoms with Crippen molar-refractivity contribution in [1.82, 2.24) is 10.4 Å². The first-order chi connectivity index (χ1) is 5.77. The van der Waals surface area contributed by atoms with Gasteiger partial charge < -0.3 is 5.11 Å². The largest absolute Gasteiger partial charge is 0.477 e. The van der Waals surface area contributed by atoms with Crippen LogP contribution in [0.4, 0.5) is 0 Å². The van der Waals surface area contributed by atoms with Crippen molar-refractivity contribution < 1.29 is 9.90 Å². The third kappa shape index (κ3) is 0.998. The van der Waals surface area contributed by atoms with Crippen LogP contribution in [-0.4, -0.2) is 28.3 Å². The van der Waals surface area contributed by atoms with Crippen molar-refractivity contribution in [2.24, 2.45) is 4.99 Å². The van der Waals surface area contributed by atoms with Crippen LogP contribution in [0, 0.1) is 0 Å². The molecule has 0 aliphatic carbocycles. The van der Waals surface area contributed by atoms with E-state index in [2.05, 4.69) is 10.4 Å². The first-order valence-corrected chi connectivity index (χ1v) is 3.50. The maximum Gasteiger partial charge on any atom is 0.354 e. The summed E-state index contributed by atoms with van der Waals surface area (Å²) in [6.07, 6.45) is 4.93. The summed E-state index contributed by atoms with van der Waals surface area (Å²) in [4.78, 5) is 14.4. The third-order valence-corrected chi connectivity index (χ3v) is 1.63. The molecule has 0 aromatic heterocycles. The Morgan fingerprint density at radius 2 is 2.58 bits per heavy atom. The molecular formula is C7H7N3O2. The van der Waals surface area contributed by atoms with E-state index in [1.54, 1.807) is 11.2 Å². The molecule has 2 aliphatic heterocycles. The minimum atomic E-state index is -1.00. The van der Waals surface area contributed by atoms with Crippen molar-refractivity contribution in [3.63, 3.8) is 0 Å². The van der Waals surface area contributed by atoms with Gasteiger partial charge in [-0.15, -0.1) is 0 Å². The molecule has 0 atom stereocenters. The van der Waals surface area contributed by atoms with E-state index in [9.17, 15) is 4.79 Å². The number of hydrogen-bond acceptors (Lipinski definition) is 4. The zero-order valence-corrected chi connectivity index (χ0v) is 6.19. The van der Waals surface area contributed by atoms with Crippen LogP contribution in [0.3, 0.4) is 0 Å². The van der Waals surface area contributed by atoms with Crippen LogP contribution in [0.25, 0.3) is 0 Å². The van der Waals surface area contributed by atoms with Gasteiger partial charge in [-0.1, -0.05) is 0 Å². The number of carboxylic acids is 1. The van der Waals surface area contributed by atoms with E-state index in [1.807, 2.05) is 6.08 Å². The molecule has 2 N–H and O–H groups in total. The number of hydrazine groups is 1. The highest BCUT2D eigenvalue weighted by atomic mass is 16.4. The highest BCUT2D eigenvalue weighted by molar-refractivity contribution is 6.40. The quantitative estimate of drug-likeness (QED) is 0.560. The van der Waals surface area contributed by atoms with Gasteiger partial charge in [-0.3, -0.25) is 5.01 Å². The van der Waals surface area contributed by atoms with Crippen LogP contribution < -0.4 is 5.43 Å². The molecule has 2 rings (SSSR count). The lowest BCUT2D eigenvalue weighted by molar-refractivity contribution is -0.129. The molecule has 0 radical (unpaired) electrons. The third-order valence-electron chi connectivity index (χ3n) is 1.63. The van der Waals surface area contributed by atoms with Crippen LogP contribution in [-0.2, 0) is 4.79 Å². The van der Waals surface area contributed by atoms with E-state index >= 15 is 0 Å². The molecule has 12 heavy (non-hydrogen) atoms. The second-order valence-corrected chi connectivity index (χ2v) is 2.41. The Morgan fingerprint density at radius 1 is 1.75 bits per heavy atom. The van der Waals surface area contributed by atoms with E-state index in [1.165, 1.54) is 6.08 Å². The number of aliphatic imine (C=N–C) groups is 1. The minimum Gasteiger partial charge on any atom is -0.477 e. The SMILES string of the molecule is O=C(O)C1=NC2=CCNN2C=C1. The summed E-state index contributed by atoms with van der Waals surface area (Å²) >= 11 is 0. The monoisotopic (exact) mass is 165 g/mol. The first-order valence-electron chi connectivity index (χ1n) is 3.50. The molecule has 0 spiro atoms. The summed E-state index contributed by atoms with van der Waals surface area (Å²) in [7, 11) is 0. The van der Waals surface area contributed by atoms with Crippen molar-refractivity contribution in [3.8, 4) is 0 Å². The molecule has 2 heterocycles. The zero-order chi connectivity index (χ0) is 8.55. The minimum absolute atomic E-state index is 0.0706. The van der Waals surface area contributed by atoms with E-state index < -0.39 is 5.97 Å². The summed E-state index contributed by atoms with van der Waals surface area (Å²) in [6, 6.07) is 0. The van der Waals surface area contributed by atoms with Crippen molar-refractivity contribution >= 4 is 11.7 Å². The normalized spacial score (nSPS) is 20.2. The van der Waals surface area contributed by atoms with Crippen molar-refractivity contribution in [1.29, 1.82) is 0 Å². The average molecular weight is 165 g/mol. The zero-order valence-electron chi connectivity index (χ0n) is 6.19. The topological polar surface area (TPSA) is 64.9 Å². The Bertz CT molecular complexity index is 317. The molecule has 5 nitrogen and oxygen atoms in total. The Hall–Kier alpha value is -1.62. The van der Waals surface area contributed by atoms with Gasteiger partial charge in [-0.2, -0.15) is 0 Å². The van der Waals surface area contributed by atoms with Crippen molar-refractivity contribution in [3.05, 3.63) is 24.2 Å². The second kappa shape index (κ2) is 2.46. The standard InChI is InChI=1S/C7H7N3O2/c11-7(12)5-2-4-10-6(9-5)1-3-8-10/h1-2,4,8H,3H2,(H,11,12). The number of nitrogens with one attached hydrogen (secondary N) is 1. The van der Waals surface area contributed by atoms with Crippen LogP contribution in [0.15, 0.2) is 29.2 Å². The van der Waals surface area contributed by atoms with Gasteiger partial charge in [0.1, 0.15) is 5.82 Å². The molecule has 0 saturated carbocycles. The second-order valence-electron chi connectivity index (χ2n) is 2.41. The molecule has 0 aromatic rings. The summed E-state index contributed by atoms with van der Waals surface area (Å²) in [5.74, 6) is -0.353. The number of carboxylic acid groups (broad SMARTS) is 1. The molecule has 0 unspecified atom stereocenters. The number of fused-ring (bicyclic) bond motifs is 1. The van der Waals surface area contributed by atoms with E-state index in [0.717, 1.165) is 0 Å². The average Bonchev–Trinajstić information content (AvgIpc) is 2.49. The summed E-state index contributed by atoms with van der Waals surface area (Å²) in [5, 5.41) is 10.3. The van der Waals surface area contributed by atoms with Gasteiger partial charge in [0, 0.05) is 12.7 Å². The smallest absolute Gasteiger partial charge is 0.354 e. The molecule has 0 bridgehead atoms. The van der Waals surface area contributed by atoms with Crippen molar-refractivity contribution in [2.75, 3.05) is 6.54 Å². The maximum atomic E-state index is 10.5. The van der Waals surface area contributed by atoms with E-state index in [4.69, 9.17) is 5.11 Å². The van der Waals surface area contributed by atoms with Gasteiger partial charge >= 0.3 is 5.97 Å². The van der Waals surface area contributed by atoms with Gasteiger partial charge in [-0.05, 0) is 12.2 Å². The van der Waals surface area contributed by atoms with Gasteiger partial charge in [0.2, 0.25) is 0 Å². The fraction of sp³-hybridized carbons (Fsp3) is 0.143. The molecule has 0 aromatic carbocycles. The first kappa shape index (κ1) is 7.05. The molecule has 0 fully saturated rings. The maximum absolute atomic E-state index is 10.5. The number of aliphatic carboxylic acids is 1. The van der Waals surface area contributed by atoms with Crippen LogP contribution in [0.2, 0.25) is 0 Å². The van der Waals surface area contributed by atoms with Crippen LogP contribution in [0.5, 0.6) is 0 Å². The Kier molecular flexibility index (Phi) is 1.44. The predicted molar refractivity (Wildman–Crippen MR) is 42.1 cm³/mol. The molecule has 5 heteroatoms. The van der Waals surface area contributed by atoms with Crippen LogP contribution >= 0.6 is 0 Å². The highest BCUT2D eigenvalue weighted by Crippen LogP contribution is 2.13. The van der Waals surface area contributed by atoms with E-state index in [-0.39, 0.29) is 5.71 Å². The number of carbonyl (C=O) groups is 1. The number of nitrogens with zero attached hydrogens (tertiary/aromatic N) is 2. The predicted octanol–water partition coefficient (Wildman–Crippen LogP) is -0.299. The Balaban J connectivity index is 2.31. The summed E-state index contributed by atoms with van der Waals surface area (Å²) in [5.41, 5.74) is 3.04. The molecule has 0 saturated heterocycles. The Labute approximate surface area is 68.7 Å². The summed E-state index contributed by atoms with van der Waals surface area (Å²) < 4.78 is 0. The summed E-state index contributed by atoms with van der Waals surface area (Å²) in [6.45, 7) is 0.691. The lowest BCUT2D eigenvalue weighted by Gasteiger charge is -2.17. The molecular weight excluding hydrogens is 158 g/mol. The fourth-order valence-electron chi connectivity index (χ4n) is 1.07. The van der Waals surface area contributed by atoms with Gasteiger partial charge in [-0.25, -0.2) is 15.2 Å². The molecule has 0 amide bonds. The van der Waals surface area contributed by atoms with Gasteiger partial charge in [0.05, 0.1) is 0 Å². The highest BCUT2D eigenvalue weighted by Gasteiger charge is 2.18. The van der Waals surface area contributed by atoms with E-state index in [0.29, 0.717) is 12.4 Å². The van der Waals surface area contributed by atoms with Crippen LogP contribution in [0.1, 0.15) is 0 Å². The molecule has 62 valence electrons. The molecule has 2 aliphatic rings. The number of rotatable bonds is 1. The Morgan fingerprint density at radius 3 is 3.33 bits per heavy atom. The fourth-order valence-corrected chi connectivity index (χ4v) is 1.07. The van der Waals surface area contributed by atoms with Gasteiger partial charge in [0.15, 0.2) is 5.71 Å². The van der Waals surface area contributed by atoms with Crippen molar-refractivity contribution in [2.45, 2.75) is 0 Å².